The van der Waals surface area contributed by atoms with Gasteiger partial charge in [-0.25, -0.2) is 4.98 Å². The molecule has 120 valence electrons. The highest BCUT2D eigenvalue weighted by Crippen LogP contribution is 2.31. The van der Waals surface area contributed by atoms with Gasteiger partial charge in [0.2, 0.25) is 0 Å². The highest BCUT2D eigenvalue weighted by molar-refractivity contribution is 5.81. The van der Waals surface area contributed by atoms with Crippen molar-refractivity contribution in [2.45, 2.75) is 13.5 Å². The number of imidazole rings is 1. The summed E-state index contributed by atoms with van der Waals surface area (Å²) in [6, 6.07) is 16.0. The number of nitrogens with one attached hydrogen (secondary N) is 1. The topological polar surface area (TPSA) is 66.7 Å². The Morgan fingerprint density at radius 3 is 2.54 bits per heavy atom. The van der Waals surface area contributed by atoms with Gasteiger partial charge in [0, 0.05) is 18.2 Å². The van der Waals surface area contributed by atoms with E-state index < -0.39 is 0 Å². The van der Waals surface area contributed by atoms with E-state index in [1.54, 1.807) is 4.68 Å². The molecule has 24 heavy (non-hydrogen) atoms. The van der Waals surface area contributed by atoms with Gasteiger partial charge in [-0.15, -0.1) is 0 Å². The Bertz CT molecular complexity index is 979. The molecule has 0 bridgehead atoms. The maximum Gasteiger partial charge on any atom is 0.157 e. The number of aliphatic hydroxyl groups is 1. The SMILES string of the molecule is Cc1ccc(-c2nn(C)c(-c3nc4ccccc4[nH]3)c2CO)cc1. The average molecular weight is 318 g/mol. The molecule has 4 rings (SSSR count). The summed E-state index contributed by atoms with van der Waals surface area (Å²) >= 11 is 0. The van der Waals surface area contributed by atoms with E-state index in [0.29, 0.717) is 5.82 Å². The number of nitrogens with zero attached hydrogens (tertiary/aromatic N) is 3. The summed E-state index contributed by atoms with van der Waals surface area (Å²) in [5, 5.41) is 14.6. The third kappa shape index (κ3) is 2.30. The molecule has 0 aliphatic rings. The fourth-order valence-electron chi connectivity index (χ4n) is 3.02. The number of aromatic nitrogens is 4. The average Bonchev–Trinajstić information content (AvgIpc) is 3.15. The highest BCUT2D eigenvalue weighted by Gasteiger charge is 2.20. The summed E-state index contributed by atoms with van der Waals surface area (Å²) in [7, 11) is 1.87. The van der Waals surface area contributed by atoms with E-state index in [0.717, 1.165) is 33.5 Å². The van der Waals surface area contributed by atoms with Crippen LogP contribution in [0.15, 0.2) is 48.5 Å². The molecule has 0 radical (unpaired) electrons. The second kappa shape index (κ2) is 5.62. The molecule has 2 N–H and O–H groups in total. The van der Waals surface area contributed by atoms with Crippen molar-refractivity contribution in [2.24, 2.45) is 7.05 Å². The first kappa shape index (κ1) is 14.7. The molecule has 0 atom stereocenters. The summed E-state index contributed by atoms with van der Waals surface area (Å²) < 4.78 is 1.78. The van der Waals surface area contributed by atoms with Crippen LogP contribution in [0.5, 0.6) is 0 Å². The molecule has 0 aliphatic heterocycles. The number of aromatic amines is 1. The molecule has 5 nitrogen and oxygen atoms in total. The van der Waals surface area contributed by atoms with Gasteiger partial charge in [-0.1, -0.05) is 42.0 Å². The number of benzene rings is 2. The third-order valence-electron chi connectivity index (χ3n) is 4.24. The standard InChI is InChI=1S/C19H18N4O/c1-12-7-9-13(10-8-12)17-14(11-24)18(23(2)22-17)19-20-15-5-3-4-6-16(15)21-19/h3-10,24H,11H2,1-2H3,(H,20,21). The second-order valence-electron chi connectivity index (χ2n) is 5.93. The van der Waals surface area contributed by atoms with Gasteiger partial charge in [-0.3, -0.25) is 4.68 Å². The van der Waals surface area contributed by atoms with Crippen molar-refractivity contribution in [3.05, 3.63) is 59.7 Å². The first-order valence-corrected chi connectivity index (χ1v) is 7.86. The summed E-state index contributed by atoms with van der Waals surface area (Å²) in [5.74, 6) is 0.716. The second-order valence-corrected chi connectivity index (χ2v) is 5.93. The van der Waals surface area contributed by atoms with E-state index in [1.165, 1.54) is 5.56 Å². The summed E-state index contributed by atoms with van der Waals surface area (Å²) in [5.41, 5.74) is 6.42. The maximum atomic E-state index is 9.97. The Hall–Kier alpha value is -2.92. The number of aliphatic hydroxyl groups excluding tert-OH is 1. The van der Waals surface area contributed by atoms with Crippen LogP contribution in [0.3, 0.4) is 0 Å². The lowest BCUT2D eigenvalue weighted by atomic mass is 10.0. The number of hydrogen-bond acceptors (Lipinski definition) is 3. The van der Waals surface area contributed by atoms with Crippen molar-refractivity contribution >= 4 is 11.0 Å². The van der Waals surface area contributed by atoms with Gasteiger partial charge in [0.25, 0.3) is 0 Å². The zero-order valence-corrected chi connectivity index (χ0v) is 13.6. The number of H-pyrrole nitrogens is 1. The Kier molecular flexibility index (Phi) is 3.43. The molecular weight excluding hydrogens is 300 g/mol. The van der Waals surface area contributed by atoms with Gasteiger partial charge in [-0.2, -0.15) is 5.10 Å². The molecule has 0 amide bonds. The predicted molar refractivity (Wildman–Crippen MR) is 94.4 cm³/mol. The Labute approximate surface area is 139 Å². The molecule has 0 unspecified atom stereocenters. The van der Waals surface area contributed by atoms with Crippen LogP contribution in [0, 0.1) is 6.92 Å². The molecule has 0 spiro atoms. The van der Waals surface area contributed by atoms with Gasteiger partial charge in [0.15, 0.2) is 5.82 Å². The fraction of sp³-hybridized carbons (Fsp3) is 0.158. The minimum atomic E-state index is -0.0938. The van der Waals surface area contributed by atoms with Crippen LogP contribution in [0.25, 0.3) is 33.8 Å². The molecule has 2 aromatic carbocycles. The number of rotatable bonds is 3. The Morgan fingerprint density at radius 2 is 1.83 bits per heavy atom. The Morgan fingerprint density at radius 1 is 1.08 bits per heavy atom. The summed E-state index contributed by atoms with van der Waals surface area (Å²) in [4.78, 5) is 7.96. The maximum absolute atomic E-state index is 9.97. The number of hydrogen-bond donors (Lipinski definition) is 2. The molecule has 0 saturated carbocycles. The van der Waals surface area contributed by atoms with Crippen LogP contribution in [0.4, 0.5) is 0 Å². The minimum absolute atomic E-state index is 0.0938. The lowest BCUT2D eigenvalue weighted by Gasteiger charge is -2.02. The van der Waals surface area contributed by atoms with Crippen molar-refractivity contribution in [1.82, 2.24) is 19.7 Å². The van der Waals surface area contributed by atoms with Crippen molar-refractivity contribution in [3.8, 4) is 22.8 Å². The fourth-order valence-corrected chi connectivity index (χ4v) is 3.02. The van der Waals surface area contributed by atoms with Gasteiger partial charge in [0.1, 0.15) is 5.69 Å². The molecule has 5 heteroatoms. The van der Waals surface area contributed by atoms with E-state index in [9.17, 15) is 5.11 Å². The van der Waals surface area contributed by atoms with Crippen LogP contribution in [-0.2, 0) is 13.7 Å². The number of aryl methyl sites for hydroxylation is 2. The molecule has 0 saturated heterocycles. The largest absolute Gasteiger partial charge is 0.392 e. The van der Waals surface area contributed by atoms with Crippen molar-refractivity contribution in [1.29, 1.82) is 0 Å². The van der Waals surface area contributed by atoms with E-state index >= 15 is 0 Å². The van der Waals surface area contributed by atoms with Crippen LogP contribution in [0.2, 0.25) is 0 Å². The third-order valence-corrected chi connectivity index (χ3v) is 4.24. The smallest absolute Gasteiger partial charge is 0.157 e. The van der Waals surface area contributed by atoms with Gasteiger partial charge in [-0.05, 0) is 19.1 Å². The van der Waals surface area contributed by atoms with Crippen LogP contribution >= 0.6 is 0 Å². The zero-order chi connectivity index (χ0) is 16.7. The number of fused-ring (bicyclic) bond motifs is 1. The van der Waals surface area contributed by atoms with Crippen LogP contribution < -0.4 is 0 Å². The lowest BCUT2D eigenvalue weighted by Crippen LogP contribution is -1.97. The van der Waals surface area contributed by atoms with Crippen molar-refractivity contribution < 1.29 is 5.11 Å². The van der Waals surface area contributed by atoms with Gasteiger partial charge >= 0.3 is 0 Å². The first-order valence-electron chi connectivity index (χ1n) is 7.86. The number of para-hydroxylation sites is 2. The monoisotopic (exact) mass is 318 g/mol. The molecule has 0 aliphatic carbocycles. The summed E-state index contributed by atoms with van der Waals surface area (Å²) in [6.45, 7) is 1.96. The molecule has 4 aromatic rings. The molecule has 0 fully saturated rings. The highest BCUT2D eigenvalue weighted by atomic mass is 16.3. The minimum Gasteiger partial charge on any atom is -0.392 e. The van der Waals surface area contributed by atoms with Crippen molar-refractivity contribution in [3.63, 3.8) is 0 Å². The Balaban J connectivity index is 1.91. The lowest BCUT2D eigenvalue weighted by molar-refractivity contribution is 0.283. The van der Waals surface area contributed by atoms with E-state index in [-0.39, 0.29) is 6.61 Å². The zero-order valence-electron chi connectivity index (χ0n) is 13.6. The van der Waals surface area contributed by atoms with Gasteiger partial charge in [0.05, 0.1) is 23.3 Å². The van der Waals surface area contributed by atoms with Gasteiger partial charge < -0.3 is 10.1 Å². The molecule has 2 heterocycles. The summed E-state index contributed by atoms with van der Waals surface area (Å²) in [6.07, 6.45) is 0. The van der Waals surface area contributed by atoms with Crippen LogP contribution in [-0.4, -0.2) is 24.9 Å². The van der Waals surface area contributed by atoms with E-state index in [4.69, 9.17) is 0 Å². The first-order chi connectivity index (χ1) is 11.7. The van der Waals surface area contributed by atoms with E-state index in [2.05, 4.69) is 22.0 Å². The van der Waals surface area contributed by atoms with Crippen molar-refractivity contribution in [2.75, 3.05) is 0 Å². The quantitative estimate of drug-likeness (QED) is 0.608. The predicted octanol–water partition coefficient (Wildman–Crippen LogP) is 3.43. The molecular formula is C19H18N4O. The normalized spacial score (nSPS) is 11.3. The molecule has 2 aromatic heterocycles. The van der Waals surface area contributed by atoms with Crippen LogP contribution in [0.1, 0.15) is 11.1 Å². The van der Waals surface area contributed by atoms with E-state index in [1.807, 2.05) is 55.6 Å².